The van der Waals surface area contributed by atoms with Gasteiger partial charge in [0, 0.05) is 54.8 Å². The number of hydrogen-bond donors (Lipinski definition) is 0. The topological polar surface area (TPSA) is 49.4 Å². The lowest BCUT2D eigenvalue weighted by molar-refractivity contribution is -0.311. The standard InChI is InChI=1S/C33H41NO5/c1-20-27(35-2)24-18-25-31(22-10-11-22)14-15-33(36-3,37-4)30-32(31,16-17-34(25)23-12-13-23)26(24)29(39-30)28(20)38-19-21-8-6-5-7-9-21/h5-9,22-23,25,30H,10-19H2,1-4H3/t25-,30-,31-,32+/m1/s1. The van der Waals surface area contributed by atoms with Crippen LogP contribution >= 0.6 is 0 Å². The van der Waals surface area contributed by atoms with Gasteiger partial charge in [-0.25, -0.2) is 0 Å². The molecule has 1 saturated heterocycles. The molecule has 208 valence electrons. The van der Waals surface area contributed by atoms with Crippen LogP contribution in [0.1, 0.15) is 67.2 Å². The van der Waals surface area contributed by atoms with Gasteiger partial charge in [0.1, 0.15) is 12.4 Å². The van der Waals surface area contributed by atoms with E-state index in [1.165, 1.54) is 36.8 Å². The van der Waals surface area contributed by atoms with Gasteiger partial charge < -0.3 is 23.7 Å². The molecule has 6 nitrogen and oxygen atoms in total. The summed E-state index contributed by atoms with van der Waals surface area (Å²) in [5.41, 5.74) is 4.86. The minimum atomic E-state index is -0.782. The van der Waals surface area contributed by atoms with E-state index < -0.39 is 5.79 Å². The summed E-state index contributed by atoms with van der Waals surface area (Å²) in [5.74, 6) is 2.68. The average molecular weight is 532 g/mol. The van der Waals surface area contributed by atoms with E-state index in [1.807, 2.05) is 13.2 Å². The summed E-state index contributed by atoms with van der Waals surface area (Å²) in [6.45, 7) is 3.74. The third-order valence-electron chi connectivity index (χ3n) is 11.5. The summed E-state index contributed by atoms with van der Waals surface area (Å²) < 4.78 is 32.8. The molecule has 2 heterocycles. The quantitative estimate of drug-likeness (QED) is 0.416. The molecule has 2 aromatic rings. The molecule has 0 N–H and O–H groups in total. The SMILES string of the molecule is COc1c(C)c(OCc2ccccc2)c2c3c1C[C@H]1N(C4CC4)CC[C@@]34[C@@H](O2)C(OC)(OC)CC[C@@]14C1CC1. The number of methoxy groups -OCH3 is 3. The number of piperidine rings is 1. The molecular weight excluding hydrogens is 490 g/mol. The maximum atomic E-state index is 7.24. The Hall–Kier alpha value is -2.28. The fourth-order valence-electron chi connectivity index (χ4n) is 9.84. The van der Waals surface area contributed by atoms with Crippen LogP contribution in [-0.4, -0.2) is 56.7 Å². The van der Waals surface area contributed by atoms with Gasteiger partial charge in [-0.2, -0.15) is 0 Å². The second-order valence-electron chi connectivity index (χ2n) is 12.9. The molecule has 1 spiro atoms. The molecule has 2 aromatic carbocycles. The second-order valence-corrected chi connectivity index (χ2v) is 12.9. The summed E-state index contributed by atoms with van der Waals surface area (Å²) in [6.07, 6.45) is 9.18. The van der Waals surface area contributed by atoms with Crippen molar-refractivity contribution in [2.75, 3.05) is 27.9 Å². The molecule has 4 aliphatic carbocycles. The average Bonchev–Trinajstić information content (AvgIpc) is 3.89. The Bertz CT molecular complexity index is 1300. The van der Waals surface area contributed by atoms with Crippen LogP contribution in [0, 0.1) is 18.3 Å². The van der Waals surface area contributed by atoms with Gasteiger partial charge in [0.2, 0.25) is 5.79 Å². The first kappa shape index (κ1) is 24.5. The van der Waals surface area contributed by atoms with Crippen molar-refractivity contribution in [2.24, 2.45) is 11.3 Å². The molecule has 6 heteroatoms. The molecule has 0 aromatic heterocycles. The van der Waals surface area contributed by atoms with Crippen LogP contribution in [0.25, 0.3) is 0 Å². The van der Waals surface area contributed by atoms with E-state index in [0.29, 0.717) is 12.6 Å². The fraction of sp³-hybridized carbons (Fsp3) is 0.636. The van der Waals surface area contributed by atoms with Crippen molar-refractivity contribution in [1.82, 2.24) is 4.90 Å². The number of ether oxygens (including phenoxy) is 5. The predicted octanol–water partition coefficient (Wildman–Crippen LogP) is 5.55. The smallest absolute Gasteiger partial charge is 0.206 e. The van der Waals surface area contributed by atoms with Gasteiger partial charge in [-0.15, -0.1) is 0 Å². The molecule has 2 bridgehead atoms. The third-order valence-corrected chi connectivity index (χ3v) is 11.5. The van der Waals surface area contributed by atoms with Gasteiger partial charge in [0.05, 0.1) is 12.5 Å². The molecular formula is C33H41NO5. The minimum Gasteiger partial charge on any atom is -0.496 e. The van der Waals surface area contributed by atoms with Crippen molar-refractivity contribution in [2.45, 2.75) is 94.3 Å². The largest absolute Gasteiger partial charge is 0.496 e. The van der Waals surface area contributed by atoms with Gasteiger partial charge in [0.15, 0.2) is 17.6 Å². The summed E-state index contributed by atoms with van der Waals surface area (Å²) in [4.78, 5) is 2.91. The molecule has 0 amide bonds. The number of hydrogen-bond acceptors (Lipinski definition) is 6. The molecule has 0 unspecified atom stereocenters. The van der Waals surface area contributed by atoms with Crippen molar-refractivity contribution >= 4 is 0 Å². The summed E-state index contributed by atoms with van der Waals surface area (Å²) >= 11 is 0. The molecule has 3 saturated carbocycles. The zero-order chi connectivity index (χ0) is 26.6. The Morgan fingerprint density at radius 3 is 2.38 bits per heavy atom. The van der Waals surface area contributed by atoms with Crippen LogP contribution < -0.4 is 14.2 Å². The molecule has 4 atom stereocenters. The molecule has 4 fully saturated rings. The lowest BCUT2D eigenvalue weighted by Gasteiger charge is -2.68. The summed E-state index contributed by atoms with van der Waals surface area (Å²) in [7, 11) is 5.43. The van der Waals surface area contributed by atoms with E-state index in [2.05, 4.69) is 36.1 Å². The maximum absolute atomic E-state index is 7.24. The van der Waals surface area contributed by atoms with E-state index in [9.17, 15) is 0 Å². The highest BCUT2D eigenvalue weighted by Crippen LogP contribution is 2.77. The van der Waals surface area contributed by atoms with Crippen molar-refractivity contribution in [1.29, 1.82) is 0 Å². The van der Waals surface area contributed by atoms with E-state index in [4.69, 9.17) is 23.7 Å². The first-order valence-corrected chi connectivity index (χ1v) is 15.0. The maximum Gasteiger partial charge on any atom is 0.206 e. The highest BCUT2D eigenvalue weighted by atomic mass is 16.7. The van der Waals surface area contributed by atoms with E-state index in [1.54, 1.807) is 14.2 Å². The lowest BCUT2D eigenvalue weighted by atomic mass is 9.41. The van der Waals surface area contributed by atoms with Crippen LogP contribution in [0.5, 0.6) is 17.2 Å². The normalized spacial score (nSPS) is 33.8. The molecule has 2 aliphatic heterocycles. The number of rotatable bonds is 8. The first-order valence-electron chi connectivity index (χ1n) is 15.0. The third kappa shape index (κ3) is 2.98. The molecule has 6 aliphatic rings. The molecule has 39 heavy (non-hydrogen) atoms. The zero-order valence-corrected chi connectivity index (χ0v) is 23.8. The second kappa shape index (κ2) is 8.37. The first-order chi connectivity index (χ1) is 19.0. The van der Waals surface area contributed by atoms with E-state index in [0.717, 1.165) is 72.6 Å². The Morgan fingerprint density at radius 1 is 0.949 bits per heavy atom. The van der Waals surface area contributed by atoms with Gasteiger partial charge in [0.25, 0.3) is 0 Å². The van der Waals surface area contributed by atoms with Crippen molar-refractivity contribution < 1.29 is 23.7 Å². The fourth-order valence-corrected chi connectivity index (χ4v) is 9.84. The van der Waals surface area contributed by atoms with E-state index in [-0.39, 0.29) is 16.9 Å². The van der Waals surface area contributed by atoms with Gasteiger partial charge in [-0.05, 0) is 69.9 Å². The van der Waals surface area contributed by atoms with Crippen LogP contribution in [0.15, 0.2) is 30.3 Å². The predicted molar refractivity (Wildman–Crippen MR) is 148 cm³/mol. The number of benzene rings is 2. The van der Waals surface area contributed by atoms with Crippen LogP contribution in [0.4, 0.5) is 0 Å². The number of likely N-dealkylation sites (tertiary alicyclic amines) is 1. The summed E-state index contributed by atoms with van der Waals surface area (Å²) in [5, 5.41) is 0. The number of nitrogens with zero attached hydrogens (tertiary/aromatic N) is 1. The Kier molecular flexibility index (Phi) is 5.26. The molecule has 8 rings (SSSR count). The minimum absolute atomic E-state index is 0.161. The lowest BCUT2D eigenvalue weighted by Crippen LogP contribution is -2.77. The Morgan fingerprint density at radius 2 is 1.72 bits per heavy atom. The highest BCUT2D eigenvalue weighted by Gasteiger charge is 2.79. The summed E-state index contributed by atoms with van der Waals surface area (Å²) in [6, 6.07) is 11.6. The van der Waals surface area contributed by atoms with Crippen LogP contribution in [-0.2, 0) is 27.9 Å². The zero-order valence-electron chi connectivity index (χ0n) is 23.8. The Balaban J connectivity index is 1.37. The van der Waals surface area contributed by atoms with Gasteiger partial charge in [-0.1, -0.05) is 30.3 Å². The van der Waals surface area contributed by atoms with Crippen molar-refractivity contribution in [3.05, 3.63) is 52.6 Å². The Labute approximate surface area is 231 Å². The van der Waals surface area contributed by atoms with Gasteiger partial charge in [-0.3, -0.25) is 4.90 Å². The van der Waals surface area contributed by atoms with Crippen LogP contribution in [0.3, 0.4) is 0 Å². The van der Waals surface area contributed by atoms with E-state index >= 15 is 0 Å². The monoisotopic (exact) mass is 531 g/mol. The van der Waals surface area contributed by atoms with Crippen molar-refractivity contribution in [3.8, 4) is 17.2 Å². The molecule has 0 radical (unpaired) electrons. The van der Waals surface area contributed by atoms with Crippen molar-refractivity contribution in [3.63, 3.8) is 0 Å². The van der Waals surface area contributed by atoms with Gasteiger partial charge >= 0.3 is 0 Å². The highest BCUT2D eigenvalue weighted by molar-refractivity contribution is 5.70. The van der Waals surface area contributed by atoms with Crippen LogP contribution in [0.2, 0.25) is 0 Å².